The zero-order chi connectivity index (χ0) is 12.5. The predicted octanol–water partition coefficient (Wildman–Crippen LogP) is 3.25. The molecule has 0 amide bonds. The summed E-state index contributed by atoms with van der Waals surface area (Å²) in [7, 11) is 0. The number of fused-ring (bicyclic) bond motifs is 2. The van der Waals surface area contributed by atoms with Crippen molar-refractivity contribution in [2.24, 2.45) is 0 Å². The van der Waals surface area contributed by atoms with Gasteiger partial charge in [0, 0.05) is 11.5 Å². The zero-order valence-electron chi connectivity index (χ0n) is 9.77. The number of aliphatic hydroxyl groups excluding tert-OH is 1. The van der Waals surface area contributed by atoms with Crippen molar-refractivity contribution in [3.05, 3.63) is 59.4 Å². The van der Waals surface area contributed by atoms with Crippen LogP contribution in [0.25, 0.3) is 0 Å². The molecule has 1 aliphatic heterocycles. The van der Waals surface area contributed by atoms with Gasteiger partial charge in [0.15, 0.2) is 0 Å². The van der Waals surface area contributed by atoms with Crippen LogP contribution in [-0.4, -0.2) is 11.7 Å². The third-order valence-electron chi connectivity index (χ3n) is 3.29. The molecule has 0 aromatic heterocycles. The number of hydrogen-bond donors (Lipinski definition) is 1. The molecule has 1 aliphatic rings. The number of rotatable bonds is 1. The van der Waals surface area contributed by atoms with Crippen LogP contribution >= 0.6 is 0 Å². The first-order valence-electron chi connectivity index (χ1n) is 5.94. The molecular weight excluding hydrogens is 231 g/mol. The van der Waals surface area contributed by atoms with Crippen LogP contribution in [-0.2, 0) is 6.42 Å². The monoisotopic (exact) mass is 244 g/mol. The fourth-order valence-corrected chi connectivity index (χ4v) is 2.36. The van der Waals surface area contributed by atoms with Gasteiger partial charge in [-0.2, -0.15) is 0 Å². The Hall–Kier alpha value is -1.87. The van der Waals surface area contributed by atoms with Crippen LogP contribution in [0.15, 0.2) is 42.5 Å². The molecule has 2 aromatic rings. The Morgan fingerprint density at radius 3 is 2.83 bits per heavy atom. The van der Waals surface area contributed by atoms with Gasteiger partial charge in [0.2, 0.25) is 0 Å². The smallest absolute Gasteiger partial charge is 0.131 e. The van der Waals surface area contributed by atoms with Crippen molar-refractivity contribution < 1.29 is 14.2 Å². The lowest BCUT2D eigenvalue weighted by Crippen LogP contribution is -2.07. The van der Waals surface area contributed by atoms with Crippen molar-refractivity contribution in [3.63, 3.8) is 0 Å². The fourth-order valence-electron chi connectivity index (χ4n) is 2.36. The molecule has 0 fully saturated rings. The van der Waals surface area contributed by atoms with Gasteiger partial charge in [0.05, 0.1) is 6.61 Å². The number of hydrogen-bond acceptors (Lipinski definition) is 2. The number of ether oxygens (including phenoxy) is 1. The second-order valence-corrected chi connectivity index (χ2v) is 4.48. The summed E-state index contributed by atoms with van der Waals surface area (Å²) in [4.78, 5) is 0. The lowest BCUT2D eigenvalue weighted by Gasteiger charge is -2.13. The number of halogens is 1. The maximum atomic E-state index is 13.3. The van der Waals surface area contributed by atoms with Gasteiger partial charge < -0.3 is 9.84 Å². The van der Waals surface area contributed by atoms with Crippen LogP contribution in [0.5, 0.6) is 11.5 Å². The summed E-state index contributed by atoms with van der Waals surface area (Å²) in [5, 5.41) is 9.50. The molecule has 0 saturated heterocycles. The molecule has 0 aliphatic carbocycles. The van der Waals surface area contributed by atoms with Crippen LogP contribution in [0.2, 0.25) is 0 Å². The minimum atomic E-state index is -0.304. The van der Waals surface area contributed by atoms with E-state index in [-0.39, 0.29) is 18.3 Å². The van der Waals surface area contributed by atoms with Gasteiger partial charge in [-0.1, -0.05) is 18.2 Å². The SMILES string of the molecule is OCC1Cc2ccccc2Oc2ccc(F)cc21. The topological polar surface area (TPSA) is 29.5 Å². The largest absolute Gasteiger partial charge is 0.457 e. The Morgan fingerprint density at radius 1 is 1.17 bits per heavy atom. The Kier molecular flexibility index (Phi) is 2.76. The number of para-hydroxylation sites is 1. The highest BCUT2D eigenvalue weighted by atomic mass is 19.1. The van der Waals surface area contributed by atoms with E-state index in [1.54, 1.807) is 6.07 Å². The van der Waals surface area contributed by atoms with E-state index in [9.17, 15) is 9.50 Å². The molecule has 92 valence electrons. The van der Waals surface area contributed by atoms with Gasteiger partial charge in [-0.05, 0) is 36.2 Å². The Balaban J connectivity index is 2.14. The predicted molar refractivity (Wildman–Crippen MR) is 66.4 cm³/mol. The highest BCUT2D eigenvalue weighted by Crippen LogP contribution is 2.39. The van der Waals surface area contributed by atoms with Crippen molar-refractivity contribution in [1.29, 1.82) is 0 Å². The first kappa shape index (κ1) is 11.2. The molecule has 1 N–H and O–H groups in total. The number of aliphatic hydroxyl groups is 1. The zero-order valence-corrected chi connectivity index (χ0v) is 9.77. The second kappa shape index (κ2) is 4.42. The molecule has 2 aromatic carbocycles. The van der Waals surface area contributed by atoms with Crippen LogP contribution < -0.4 is 4.74 Å². The van der Waals surface area contributed by atoms with Crippen molar-refractivity contribution in [2.75, 3.05) is 6.61 Å². The second-order valence-electron chi connectivity index (χ2n) is 4.48. The van der Waals surface area contributed by atoms with E-state index in [0.29, 0.717) is 12.2 Å². The summed E-state index contributed by atoms with van der Waals surface area (Å²) in [6.45, 7) is -0.0197. The van der Waals surface area contributed by atoms with Crippen LogP contribution in [0.4, 0.5) is 4.39 Å². The highest BCUT2D eigenvalue weighted by Gasteiger charge is 2.23. The normalized spacial score (nSPS) is 17.3. The van der Waals surface area contributed by atoms with E-state index in [2.05, 4.69) is 0 Å². The molecule has 0 bridgehead atoms. The molecule has 0 saturated carbocycles. The van der Waals surface area contributed by atoms with Gasteiger partial charge in [-0.3, -0.25) is 0 Å². The molecule has 3 rings (SSSR count). The quantitative estimate of drug-likeness (QED) is 0.834. The highest BCUT2D eigenvalue weighted by molar-refractivity contribution is 5.47. The summed E-state index contributed by atoms with van der Waals surface area (Å²) in [5.41, 5.74) is 1.77. The van der Waals surface area contributed by atoms with Gasteiger partial charge in [-0.15, -0.1) is 0 Å². The molecule has 0 radical (unpaired) electrons. The Morgan fingerprint density at radius 2 is 2.00 bits per heavy atom. The van der Waals surface area contributed by atoms with Crippen LogP contribution in [0.1, 0.15) is 17.0 Å². The first-order chi connectivity index (χ1) is 8.78. The van der Waals surface area contributed by atoms with Gasteiger partial charge in [0.25, 0.3) is 0 Å². The minimum absolute atomic E-state index is 0.0197. The van der Waals surface area contributed by atoms with Gasteiger partial charge in [-0.25, -0.2) is 4.39 Å². The number of benzene rings is 2. The summed E-state index contributed by atoms with van der Waals surface area (Å²) < 4.78 is 19.1. The maximum absolute atomic E-state index is 13.3. The lowest BCUT2D eigenvalue weighted by molar-refractivity contribution is 0.264. The van der Waals surface area contributed by atoms with Crippen molar-refractivity contribution in [3.8, 4) is 11.5 Å². The molecular formula is C15H13FO2. The molecule has 0 spiro atoms. The van der Waals surface area contributed by atoms with Crippen LogP contribution in [0.3, 0.4) is 0 Å². The average molecular weight is 244 g/mol. The Bertz CT molecular complexity index is 580. The van der Waals surface area contributed by atoms with E-state index in [1.165, 1.54) is 12.1 Å². The van der Waals surface area contributed by atoms with Crippen molar-refractivity contribution in [1.82, 2.24) is 0 Å². The third-order valence-corrected chi connectivity index (χ3v) is 3.29. The molecule has 1 heterocycles. The lowest BCUT2D eigenvalue weighted by atomic mass is 9.93. The fraction of sp³-hybridized carbons (Fsp3) is 0.200. The summed E-state index contributed by atoms with van der Waals surface area (Å²) >= 11 is 0. The van der Waals surface area contributed by atoms with Crippen molar-refractivity contribution in [2.45, 2.75) is 12.3 Å². The Labute approximate surface area is 105 Å². The maximum Gasteiger partial charge on any atom is 0.131 e. The van der Waals surface area contributed by atoms with E-state index >= 15 is 0 Å². The van der Waals surface area contributed by atoms with E-state index in [0.717, 1.165) is 16.9 Å². The molecule has 2 nitrogen and oxygen atoms in total. The molecule has 18 heavy (non-hydrogen) atoms. The van der Waals surface area contributed by atoms with Gasteiger partial charge >= 0.3 is 0 Å². The minimum Gasteiger partial charge on any atom is -0.457 e. The molecule has 3 heteroatoms. The van der Waals surface area contributed by atoms with Crippen molar-refractivity contribution >= 4 is 0 Å². The first-order valence-corrected chi connectivity index (χ1v) is 5.94. The van der Waals surface area contributed by atoms with E-state index in [1.807, 2.05) is 24.3 Å². The molecule has 1 unspecified atom stereocenters. The van der Waals surface area contributed by atoms with E-state index in [4.69, 9.17) is 4.74 Å². The summed E-state index contributed by atoms with van der Waals surface area (Å²) in [5.74, 6) is 0.975. The molecule has 1 atom stereocenters. The summed E-state index contributed by atoms with van der Waals surface area (Å²) in [6, 6.07) is 12.1. The average Bonchev–Trinajstić information content (AvgIpc) is 2.54. The van der Waals surface area contributed by atoms with Crippen LogP contribution in [0, 0.1) is 5.82 Å². The summed E-state index contributed by atoms with van der Waals surface area (Å²) in [6.07, 6.45) is 0.656. The standard InChI is InChI=1S/C15H13FO2/c16-12-5-6-15-13(8-12)11(9-17)7-10-3-1-2-4-14(10)18-15/h1-6,8,11,17H,7,9H2. The third kappa shape index (κ3) is 1.87. The van der Waals surface area contributed by atoms with Gasteiger partial charge in [0.1, 0.15) is 17.3 Å². The van der Waals surface area contributed by atoms with E-state index < -0.39 is 0 Å².